The monoisotopic (exact) mass is 390 g/mol. The number of unbranched alkanes of at least 4 members (excludes halogenated alkanes) is 6. The van der Waals surface area contributed by atoms with Crippen molar-refractivity contribution in [1.29, 1.82) is 0 Å². The number of hydrogen-bond donors (Lipinski definition) is 0. The lowest BCUT2D eigenvalue weighted by Gasteiger charge is -2.08. The van der Waals surface area contributed by atoms with E-state index in [4.69, 9.17) is 23.7 Å². The van der Waals surface area contributed by atoms with E-state index in [1.807, 2.05) is 0 Å². The van der Waals surface area contributed by atoms with Gasteiger partial charge in [-0.1, -0.05) is 52.4 Å². The average molecular weight is 391 g/mol. The second-order valence-corrected chi connectivity index (χ2v) is 6.54. The molecule has 0 rings (SSSR count). The molecule has 27 heavy (non-hydrogen) atoms. The van der Waals surface area contributed by atoms with Crippen LogP contribution in [0.2, 0.25) is 0 Å². The van der Waals surface area contributed by atoms with Crippen LogP contribution in [0.5, 0.6) is 0 Å². The Morgan fingerprint density at radius 3 is 1.52 bits per heavy atom. The molecule has 0 saturated carbocycles. The lowest BCUT2D eigenvalue weighted by atomic mass is 10.2. The fraction of sp³-hybridized carbons (Fsp3) is 0.952. The first-order chi connectivity index (χ1) is 13.3. The number of carbonyl (C=O) groups excluding carboxylic acids is 1. The second-order valence-electron chi connectivity index (χ2n) is 6.54. The molecule has 6 heteroatoms. The first kappa shape index (κ1) is 26.3. The highest BCUT2D eigenvalue weighted by Crippen LogP contribution is 2.02. The van der Waals surface area contributed by atoms with Gasteiger partial charge in [-0.2, -0.15) is 0 Å². The molecule has 0 aliphatic carbocycles. The van der Waals surface area contributed by atoms with E-state index in [1.165, 1.54) is 25.7 Å². The van der Waals surface area contributed by atoms with Crippen molar-refractivity contribution in [2.45, 2.75) is 71.6 Å². The Hall–Kier alpha value is -0.690. The van der Waals surface area contributed by atoms with Crippen LogP contribution in [-0.2, 0) is 28.5 Å². The zero-order chi connectivity index (χ0) is 19.8. The Morgan fingerprint density at radius 2 is 0.963 bits per heavy atom. The molecule has 0 spiro atoms. The Kier molecular flexibility index (Phi) is 22.8. The Labute approximate surface area is 166 Å². The van der Waals surface area contributed by atoms with Crippen LogP contribution in [-0.4, -0.2) is 65.4 Å². The third kappa shape index (κ3) is 23.3. The predicted octanol–water partition coefficient (Wildman–Crippen LogP) is 4.15. The number of carbonyl (C=O) groups is 1. The molecular formula is C21H42O6. The standard InChI is InChI=1S/C21H42O6/c1-3-5-7-8-10-12-23-13-14-24-15-16-25-17-18-26-19-20-27-21(22)11-9-6-4-2/h3-20H2,1-2H3. The molecule has 0 aromatic heterocycles. The number of ether oxygens (including phenoxy) is 5. The summed E-state index contributed by atoms with van der Waals surface area (Å²) in [4.78, 5) is 11.4. The van der Waals surface area contributed by atoms with E-state index in [9.17, 15) is 4.79 Å². The molecule has 0 radical (unpaired) electrons. The highest BCUT2D eigenvalue weighted by Gasteiger charge is 2.01. The van der Waals surface area contributed by atoms with Gasteiger partial charge in [0.05, 0.1) is 46.2 Å². The van der Waals surface area contributed by atoms with Crippen molar-refractivity contribution >= 4 is 5.97 Å². The zero-order valence-corrected chi connectivity index (χ0v) is 17.7. The predicted molar refractivity (Wildman–Crippen MR) is 107 cm³/mol. The highest BCUT2D eigenvalue weighted by molar-refractivity contribution is 5.69. The van der Waals surface area contributed by atoms with Gasteiger partial charge >= 0.3 is 5.97 Å². The summed E-state index contributed by atoms with van der Waals surface area (Å²) < 4.78 is 26.8. The van der Waals surface area contributed by atoms with Crippen LogP contribution in [0, 0.1) is 0 Å². The molecule has 0 aromatic rings. The molecule has 0 bridgehead atoms. The van der Waals surface area contributed by atoms with Crippen molar-refractivity contribution in [3.8, 4) is 0 Å². The molecule has 0 saturated heterocycles. The minimum Gasteiger partial charge on any atom is -0.463 e. The molecule has 0 amide bonds. The molecule has 6 nitrogen and oxygen atoms in total. The molecule has 0 fully saturated rings. The van der Waals surface area contributed by atoms with Crippen molar-refractivity contribution in [2.24, 2.45) is 0 Å². The van der Waals surface area contributed by atoms with E-state index in [0.29, 0.717) is 59.3 Å². The summed E-state index contributed by atoms with van der Waals surface area (Å²) in [5, 5.41) is 0. The van der Waals surface area contributed by atoms with Gasteiger partial charge in [-0.3, -0.25) is 4.79 Å². The van der Waals surface area contributed by atoms with Crippen molar-refractivity contribution < 1.29 is 28.5 Å². The van der Waals surface area contributed by atoms with Gasteiger partial charge in [-0.25, -0.2) is 0 Å². The summed E-state index contributed by atoms with van der Waals surface area (Å²) >= 11 is 0. The first-order valence-electron chi connectivity index (χ1n) is 10.8. The summed E-state index contributed by atoms with van der Waals surface area (Å²) in [5.41, 5.74) is 0. The SMILES string of the molecule is CCCCCCCOCCOCCOCCOCCOC(=O)CCCCC. The molecule has 0 N–H and O–H groups in total. The van der Waals surface area contributed by atoms with Crippen LogP contribution >= 0.6 is 0 Å². The Morgan fingerprint density at radius 1 is 0.519 bits per heavy atom. The Bertz CT molecular complexity index is 298. The number of hydrogen-bond acceptors (Lipinski definition) is 6. The number of rotatable bonds is 22. The minimum atomic E-state index is -0.138. The minimum absolute atomic E-state index is 0.138. The average Bonchev–Trinajstić information content (AvgIpc) is 2.67. The van der Waals surface area contributed by atoms with Gasteiger partial charge in [0, 0.05) is 13.0 Å². The van der Waals surface area contributed by atoms with E-state index < -0.39 is 0 Å². The van der Waals surface area contributed by atoms with Crippen molar-refractivity contribution in [1.82, 2.24) is 0 Å². The van der Waals surface area contributed by atoms with Gasteiger partial charge in [0.1, 0.15) is 6.61 Å². The van der Waals surface area contributed by atoms with Crippen LogP contribution in [0.25, 0.3) is 0 Å². The topological polar surface area (TPSA) is 63.2 Å². The molecule has 0 heterocycles. The van der Waals surface area contributed by atoms with Gasteiger partial charge < -0.3 is 23.7 Å². The fourth-order valence-corrected chi connectivity index (χ4v) is 2.38. The lowest BCUT2D eigenvalue weighted by molar-refractivity contribution is -0.145. The normalized spacial score (nSPS) is 11.0. The van der Waals surface area contributed by atoms with Crippen LogP contribution in [0.1, 0.15) is 71.6 Å². The summed E-state index contributed by atoms with van der Waals surface area (Å²) in [6, 6.07) is 0. The molecule has 0 unspecified atom stereocenters. The maximum absolute atomic E-state index is 11.4. The number of esters is 1. The lowest BCUT2D eigenvalue weighted by Crippen LogP contribution is -2.14. The van der Waals surface area contributed by atoms with Gasteiger partial charge in [-0.15, -0.1) is 0 Å². The molecule has 0 atom stereocenters. The van der Waals surface area contributed by atoms with E-state index in [-0.39, 0.29) is 5.97 Å². The van der Waals surface area contributed by atoms with Gasteiger partial charge in [0.2, 0.25) is 0 Å². The van der Waals surface area contributed by atoms with Crippen molar-refractivity contribution in [2.75, 3.05) is 59.5 Å². The van der Waals surface area contributed by atoms with Crippen molar-refractivity contribution in [3.63, 3.8) is 0 Å². The zero-order valence-electron chi connectivity index (χ0n) is 17.7. The van der Waals surface area contributed by atoms with E-state index in [1.54, 1.807) is 0 Å². The van der Waals surface area contributed by atoms with E-state index in [0.717, 1.165) is 32.3 Å². The molecular weight excluding hydrogens is 348 g/mol. The smallest absolute Gasteiger partial charge is 0.305 e. The summed E-state index contributed by atoms with van der Waals surface area (Å²) in [6.07, 6.45) is 9.87. The maximum atomic E-state index is 11.4. The van der Waals surface area contributed by atoms with Crippen LogP contribution in [0.4, 0.5) is 0 Å². The highest BCUT2D eigenvalue weighted by atomic mass is 16.6. The van der Waals surface area contributed by atoms with Crippen LogP contribution in [0.3, 0.4) is 0 Å². The van der Waals surface area contributed by atoms with E-state index in [2.05, 4.69) is 13.8 Å². The summed E-state index contributed by atoms with van der Waals surface area (Å²) in [5.74, 6) is -0.138. The van der Waals surface area contributed by atoms with Crippen molar-refractivity contribution in [3.05, 3.63) is 0 Å². The fourth-order valence-electron chi connectivity index (χ4n) is 2.38. The van der Waals surface area contributed by atoms with Gasteiger partial charge in [0.15, 0.2) is 0 Å². The summed E-state index contributed by atoms with van der Waals surface area (Å²) in [6.45, 7) is 9.26. The Balaban J connectivity index is 3.06. The first-order valence-corrected chi connectivity index (χ1v) is 10.8. The van der Waals surface area contributed by atoms with E-state index >= 15 is 0 Å². The molecule has 0 aliphatic heterocycles. The molecule has 162 valence electrons. The van der Waals surface area contributed by atoms with Crippen LogP contribution < -0.4 is 0 Å². The third-order valence-corrected chi connectivity index (χ3v) is 3.98. The maximum Gasteiger partial charge on any atom is 0.305 e. The quantitative estimate of drug-likeness (QED) is 0.204. The summed E-state index contributed by atoms with van der Waals surface area (Å²) in [7, 11) is 0. The van der Waals surface area contributed by atoms with Crippen LogP contribution in [0.15, 0.2) is 0 Å². The largest absolute Gasteiger partial charge is 0.463 e. The molecule has 0 aromatic carbocycles. The van der Waals surface area contributed by atoms with Gasteiger partial charge in [0.25, 0.3) is 0 Å². The second kappa shape index (κ2) is 23.3. The van der Waals surface area contributed by atoms with Gasteiger partial charge in [-0.05, 0) is 12.8 Å². The third-order valence-electron chi connectivity index (χ3n) is 3.98. The molecule has 0 aliphatic rings.